The third-order valence-electron chi connectivity index (χ3n) is 4.09. The Morgan fingerprint density at radius 2 is 1.54 bits per heavy atom. The van der Waals surface area contributed by atoms with Crippen LogP contribution >= 0.6 is 0 Å². The van der Waals surface area contributed by atoms with Gasteiger partial charge in [-0.3, -0.25) is 0 Å². The van der Waals surface area contributed by atoms with Crippen molar-refractivity contribution >= 4 is 9.84 Å². The second-order valence-corrected chi connectivity index (χ2v) is 7.59. The van der Waals surface area contributed by atoms with E-state index in [4.69, 9.17) is 4.74 Å². The van der Waals surface area contributed by atoms with E-state index in [9.17, 15) is 8.42 Å². The van der Waals surface area contributed by atoms with Gasteiger partial charge in [0.15, 0.2) is 0 Å². The van der Waals surface area contributed by atoms with Gasteiger partial charge in [0, 0.05) is 11.8 Å². The zero-order chi connectivity index (χ0) is 17.3. The van der Waals surface area contributed by atoms with E-state index in [1.807, 2.05) is 38.1 Å². The molecule has 3 rings (SSSR count). The molecule has 0 fully saturated rings. The summed E-state index contributed by atoms with van der Waals surface area (Å²) in [6.45, 7) is 3.75. The van der Waals surface area contributed by atoms with Gasteiger partial charge in [0.05, 0.1) is 12.0 Å². The predicted molar refractivity (Wildman–Crippen MR) is 94.1 cm³/mol. The summed E-state index contributed by atoms with van der Waals surface area (Å²) in [4.78, 5) is 3.23. The molecule has 24 heavy (non-hydrogen) atoms. The van der Waals surface area contributed by atoms with Crippen molar-refractivity contribution in [2.45, 2.75) is 23.8 Å². The Balaban J connectivity index is 2.04. The molecule has 5 heteroatoms. The maximum absolute atomic E-state index is 12.9. The number of H-pyrrole nitrogens is 1. The summed E-state index contributed by atoms with van der Waals surface area (Å²) in [7, 11) is -1.95. The van der Waals surface area contributed by atoms with Gasteiger partial charge in [-0.15, -0.1) is 0 Å². The molecule has 3 aromatic rings. The highest BCUT2D eigenvalue weighted by molar-refractivity contribution is 7.91. The van der Waals surface area contributed by atoms with E-state index in [1.165, 1.54) is 0 Å². The molecule has 0 amide bonds. The van der Waals surface area contributed by atoms with Gasteiger partial charge < -0.3 is 9.72 Å². The average molecular weight is 341 g/mol. The monoisotopic (exact) mass is 341 g/mol. The van der Waals surface area contributed by atoms with Crippen molar-refractivity contribution in [2.75, 3.05) is 7.11 Å². The van der Waals surface area contributed by atoms with E-state index in [2.05, 4.69) is 4.98 Å². The Morgan fingerprint density at radius 1 is 0.917 bits per heavy atom. The number of nitrogens with one attached hydrogen (secondary N) is 1. The lowest BCUT2D eigenvalue weighted by molar-refractivity contribution is 0.415. The maximum Gasteiger partial charge on any atom is 0.222 e. The van der Waals surface area contributed by atoms with Crippen molar-refractivity contribution < 1.29 is 13.2 Å². The van der Waals surface area contributed by atoms with Crippen LogP contribution < -0.4 is 4.74 Å². The lowest BCUT2D eigenvalue weighted by Gasteiger charge is -2.06. The van der Waals surface area contributed by atoms with E-state index >= 15 is 0 Å². The molecule has 124 valence electrons. The van der Waals surface area contributed by atoms with E-state index in [0.717, 1.165) is 22.4 Å². The molecule has 2 aromatic carbocycles. The van der Waals surface area contributed by atoms with E-state index in [-0.39, 0.29) is 5.03 Å². The fourth-order valence-corrected chi connectivity index (χ4v) is 4.12. The van der Waals surface area contributed by atoms with Crippen LogP contribution in [-0.4, -0.2) is 20.5 Å². The summed E-state index contributed by atoms with van der Waals surface area (Å²) in [6, 6.07) is 14.4. The molecule has 0 saturated heterocycles. The quantitative estimate of drug-likeness (QED) is 0.776. The first-order valence-electron chi connectivity index (χ1n) is 7.57. The van der Waals surface area contributed by atoms with Gasteiger partial charge in [0.25, 0.3) is 0 Å². The van der Waals surface area contributed by atoms with Gasteiger partial charge in [-0.1, -0.05) is 29.8 Å². The van der Waals surface area contributed by atoms with Crippen LogP contribution in [-0.2, 0) is 9.84 Å². The molecule has 0 unspecified atom stereocenters. The molecule has 0 saturated carbocycles. The van der Waals surface area contributed by atoms with Crippen LogP contribution in [0.25, 0.3) is 11.1 Å². The van der Waals surface area contributed by atoms with Crippen LogP contribution in [0.3, 0.4) is 0 Å². The zero-order valence-electron chi connectivity index (χ0n) is 13.8. The number of aromatic amines is 1. The summed E-state index contributed by atoms with van der Waals surface area (Å²) >= 11 is 0. The minimum absolute atomic E-state index is 0.233. The number of methoxy groups -OCH3 is 1. The first kappa shape index (κ1) is 16.3. The molecule has 0 aliphatic heterocycles. The Bertz CT molecular complexity index is 953. The molecular formula is C19H19NO3S. The first-order valence-corrected chi connectivity index (χ1v) is 9.06. The smallest absolute Gasteiger partial charge is 0.222 e. The van der Waals surface area contributed by atoms with Crippen LogP contribution in [0.15, 0.2) is 64.6 Å². The summed E-state index contributed by atoms with van der Waals surface area (Å²) in [5.74, 6) is 0.763. The molecule has 0 aliphatic rings. The first-order chi connectivity index (χ1) is 11.4. The Hall–Kier alpha value is -2.53. The van der Waals surface area contributed by atoms with Crippen molar-refractivity contribution in [2.24, 2.45) is 0 Å². The normalized spacial score (nSPS) is 11.5. The highest BCUT2D eigenvalue weighted by atomic mass is 32.2. The molecule has 0 aliphatic carbocycles. The van der Waals surface area contributed by atoms with E-state index in [1.54, 1.807) is 37.6 Å². The standard InChI is InChI=1S/C19H19NO3S/c1-13-4-10-17(11-5-13)24(21,22)19-14(2)18(12-20-19)15-6-8-16(23-3)9-7-15/h4-12,20H,1-3H3. The number of sulfone groups is 1. The topological polar surface area (TPSA) is 59.2 Å². The number of hydrogen-bond acceptors (Lipinski definition) is 3. The minimum Gasteiger partial charge on any atom is -0.497 e. The third kappa shape index (κ3) is 2.83. The van der Waals surface area contributed by atoms with Gasteiger partial charge in [0.2, 0.25) is 9.84 Å². The average Bonchev–Trinajstić information content (AvgIpc) is 2.97. The number of benzene rings is 2. The van der Waals surface area contributed by atoms with Gasteiger partial charge in [0.1, 0.15) is 10.8 Å². The minimum atomic E-state index is -3.57. The molecule has 0 bridgehead atoms. The van der Waals surface area contributed by atoms with Crippen LogP contribution in [0, 0.1) is 13.8 Å². The highest BCUT2D eigenvalue weighted by Gasteiger charge is 2.23. The van der Waals surface area contributed by atoms with Crippen molar-refractivity contribution in [1.29, 1.82) is 0 Å². The molecule has 1 aromatic heterocycles. The summed E-state index contributed by atoms with van der Waals surface area (Å²) in [6.07, 6.45) is 1.73. The molecule has 0 spiro atoms. The van der Waals surface area contributed by atoms with Crippen molar-refractivity contribution in [3.8, 4) is 16.9 Å². The van der Waals surface area contributed by atoms with Crippen molar-refractivity contribution in [3.05, 3.63) is 65.9 Å². The van der Waals surface area contributed by atoms with Crippen LogP contribution in [0.4, 0.5) is 0 Å². The summed E-state index contributed by atoms with van der Waals surface area (Å²) < 4.78 is 30.9. The lowest BCUT2D eigenvalue weighted by atomic mass is 10.1. The van der Waals surface area contributed by atoms with Crippen molar-refractivity contribution in [3.63, 3.8) is 0 Å². The van der Waals surface area contributed by atoms with E-state index < -0.39 is 9.84 Å². The van der Waals surface area contributed by atoms with Gasteiger partial charge in [-0.05, 0) is 49.2 Å². The number of aryl methyl sites for hydroxylation is 1. The molecule has 0 radical (unpaired) electrons. The largest absolute Gasteiger partial charge is 0.497 e. The van der Waals surface area contributed by atoms with Crippen LogP contribution in [0.1, 0.15) is 11.1 Å². The lowest BCUT2D eigenvalue weighted by Crippen LogP contribution is -2.04. The summed E-state index contributed by atoms with van der Waals surface area (Å²) in [5.41, 5.74) is 3.54. The Labute approximate surface area is 142 Å². The second kappa shape index (κ2) is 6.17. The molecule has 1 N–H and O–H groups in total. The van der Waals surface area contributed by atoms with Gasteiger partial charge >= 0.3 is 0 Å². The predicted octanol–water partition coefficient (Wildman–Crippen LogP) is 4.14. The summed E-state index contributed by atoms with van der Waals surface area (Å²) in [5, 5.41) is 0.233. The van der Waals surface area contributed by atoms with Crippen LogP contribution in [0.2, 0.25) is 0 Å². The molecule has 0 atom stereocenters. The zero-order valence-corrected chi connectivity index (χ0v) is 14.6. The van der Waals surface area contributed by atoms with Gasteiger partial charge in [-0.25, -0.2) is 8.42 Å². The number of ether oxygens (including phenoxy) is 1. The Morgan fingerprint density at radius 3 is 2.12 bits per heavy atom. The SMILES string of the molecule is COc1ccc(-c2c[nH]c(S(=O)(=O)c3ccc(C)cc3)c2C)cc1. The van der Waals surface area contributed by atoms with Crippen molar-refractivity contribution in [1.82, 2.24) is 4.98 Å². The fourth-order valence-electron chi connectivity index (χ4n) is 2.66. The highest BCUT2D eigenvalue weighted by Crippen LogP contribution is 2.31. The fraction of sp³-hybridized carbons (Fsp3) is 0.158. The number of aromatic nitrogens is 1. The van der Waals surface area contributed by atoms with Crippen LogP contribution in [0.5, 0.6) is 5.75 Å². The Kier molecular flexibility index (Phi) is 4.20. The second-order valence-electron chi connectivity index (χ2n) is 5.70. The number of hydrogen-bond donors (Lipinski definition) is 1. The maximum atomic E-state index is 12.9. The molecule has 1 heterocycles. The van der Waals surface area contributed by atoms with E-state index in [0.29, 0.717) is 10.5 Å². The third-order valence-corrected chi connectivity index (χ3v) is 5.95. The number of rotatable bonds is 4. The molecule has 4 nitrogen and oxygen atoms in total. The van der Waals surface area contributed by atoms with Gasteiger partial charge in [-0.2, -0.15) is 0 Å². The molecular weight excluding hydrogens is 322 g/mol.